The minimum Gasteiger partial charge on any atom is -0.311 e. The highest BCUT2D eigenvalue weighted by Crippen LogP contribution is 2.21. The Bertz CT molecular complexity index is 428. The molecule has 16 heavy (non-hydrogen) atoms. The lowest BCUT2D eigenvalue weighted by atomic mass is 10.3. The molecule has 0 unspecified atom stereocenters. The highest BCUT2D eigenvalue weighted by molar-refractivity contribution is 9.11. The smallest absolute Gasteiger partial charge is 0.0701 e. The number of nitrogens with zero attached hydrogens (tertiary/aromatic N) is 1. The van der Waals surface area contributed by atoms with Crippen LogP contribution >= 0.6 is 27.3 Å². The third-order valence-corrected chi connectivity index (χ3v) is 3.84. The van der Waals surface area contributed by atoms with E-state index >= 15 is 0 Å². The van der Waals surface area contributed by atoms with Crippen molar-refractivity contribution < 1.29 is 0 Å². The third kappa shape index (κ3) is 3.70. The predicted molar refractivity (Wildman–Crippen MR) is 71.7 cm³/mol. The zero-order chi connectivity index (χ0) is 11.2. The average Bonchev–Trinajstić information content (AvgIpc) is 2.72. The quantitative estimate of drug-likeness (QED) is 0.857. The number of pyridine rings is 1. The molecule has 0 aromatic carbocycles. The van der Waals surface area contributed by atoms with Crippen LogP contribution < -0.4 is 5.32 Å². The van der Waals surface area contributed by atoms with E-state index < -0.39 is 0 Å². The van der Waals surface area contributed by atoms with Gasteiger partial charge in [-0.1, -0.05) is 6.07 Å². The van der Waals surface area contributed by atoms with Gasteiger partial charge in [-0.15, -0.1) is 11.3 Å². The summed E-state index contributed by atoms with van der Waals surface area (Å²) in [6.07, 6.45) is 2.82. The second-order valence-corrected chi connectivity index (χ2v) is 6.00. The van der Waals surface area contributed by atoms with Crippen LogP contribution in [-0.4, -0.2) is 11.5 Å². The fourth-order valence-electron chi connectivity index (χ4n) is 1.42. The van der Waals surface area contributed by atoms with Crippen molar-refractivity contribution >= 4 is 27.3 Å². The van der Waals surface area contributed by atoms with Gasteiger partial charge in [0, 0.05) is 36.3 Å². The minimum absolute atomic E-state index is 0.934. The minimum atomic E-state index is 0.934. The Labute approximate surface area is 108 Å². The predicted octanol–water partition coefficient (Wildman–Crippen LogP) is 3.24. The lowest BCUT2D eigenvalue weighted by Gasteiger charge is -2.02. The molecule has 0 amide bonds. The number of hydrogen-bond donors (Lipinski definition) is 1. The molecule has 2 rings (SSSR count). The second kappa shape index (κ2) is 6.13. The molecule has 1 N–H and O–H groups in total. The highest BCUT2D eigenvalue weighted by atomic mass is 79.9. The first-order chi connectivity index (χ1) is 7.84. The van der Waals surface area contributed by atoms with Gasteiger partial charge in [-0.05, 0) is 40.2 Å². The molecule has 0 aliphatic rings. The molecule has 0 fully saturated rings. The van der Waals surface area contributed by atoms with Gasteiger partial charge in [0.15, 0.2) is 0 Å². The molecular weight excluding hydrogens is 284 g/mol. The molecule has 0 spiro atoms. The van der Waals surface area contributed by atoms with E-state index in [4.69, 9.17) is 0 Å². The Balaban J connectivity index is 1.69. The van der Waals surface area contributed by atoms with E-state index in [2.05, 4.69) is 44.4 Å². The Hall–Kier alpha value is -0.710. The molecule has 0 radical (unpaired) electrons. The molecular formula is C12H13BrN2S. The number of nitrogens with one attached hydrogen (secondary N) is 1. The SMILES string of the molecule is Brc1ccc(CNCCc2ccccn2)s1. The highest BCUT2D eigenvalue weighted by Gasteiger charge is 1.97. The van der Waals surface area contributed by atoms with Crippen LogP contribution in [0.5, 0.6) is 0 Å². The summed E-state index contributed by atoms with van der Waals surface area (Å²) in [5.41, 5.74) is 1.14. The van der Waals surface area contributed by atoms with Crippen molar-refractivity contribution in [2.75, 3.05) is 6.54 Å². The Morgan fingerprint density at radius 1 is 1.25 bits per heavy atom. The van der Waals surface area contributed by atoms with Gasteiger partial charge in [0.1, 0.15) is 0 Å². The number of rotatable bonds is 5. The van der Waals surface area contributed by atoms with E-state index in [0.29, 0.717) is 0 Å². The molecule has 0 atom stereocenters. The summed E-state index contributed by atoms with van der Waals surface area (Å²) in [5.74, 6) is 0. The number of hydrogen-bond acceptors (Lipinski definition) is 3. The van der Waals surface area contributed by atoms with Crippen molar-refractivity contribution in [2.24, 2.45) is 0 Å². The summed E-state index contributed by atoms with van der Waals surface area (Å²) in [4.78, 5) is 5.64. The molecule has 4 heteroatoms. The molecule has 0 saturated heterocycles. The van der Waals surface area contributed by atoms with Crippen LogP contribution in [0.4, 0.5) is 0 Å². The van der Waals surface area contributed by atoms with Crippen molar-refractivity contribution in [1.82, 2.24) is 10.3 Å². The molecule has 2 nitrogen and oxygen atoms in total. The fourth-order valence-corrected chi connectivity index (χ4v) is 2.87. The summed E-state index contributed by atoms with van der Waals surface area (Å²) < 4.78 is 1.19. The zero-order valence-corrected chi connectivity index (χ0v) is 11.2. The lowest BCUT2D eigenvalue weighted by molar-refractivity contribution is 0.686. The van der Waals surface area contributed by atoms with Crippen molar-refractivity contribution in [3.05, 3.63) is 50.9 Å². The van der Waals surface area contributed by atoms with Crippen LogP contribution in [0, 0.1) is 0 Å². The van der Waals surface area contributed by atoms with Crippen molar-refractivity contribution in [2.45, 2.75) is 13.0 Å². The van der Waals surface area contributed by atoms with Crippen molar-refractivity contribution in [1.29, 1.82) is 0 Å². The molecule has 0 bridgehead atoms. The lowest BCUT2D eigenvalue weighted by Crippen LogP contribution is -2.16. The molecule has 84 valence electrons. The van der Waals surface area contributed by atoms with Crippen LogP contribution in [0.3, 0.4) is 0 Å². The normalized spacial score (nSPS) is 10.6. The molecule has 2 aromatic rings. The third-order valence-electron chi connectivity index (χ3n) is 2.21. The Morgan fingerprint density at radius 2 is 2.19 bits per heavy atom. The fraction of sp³-hybridized carbons (Fsp3) is 0.250. The monoisotopic (exact) mass is 296 g/mol. The van der Waals surface area contributed by atoms with Crippen LogP contribution in [0.1, 0.15) is 10.6 Å². The topological polar surface area (TPSA) is 24.9 Å². The van der Waals surface area contributed by atoms with Crippen molar-refractivity contribution in [3.8, 4) is 0 Å². The van der Waals surface area contributed by atoms with Gasteiger partial charge < -0.3 is 5.32 Å². The molecule has 2 heterocycles. The Morgan fingerprint density at radius 3 is 2.88 bits per heavy atom. The number of halogens is 1. The first-order valence-corrected chi connectivity index (χ1v) is 6.80. The van der Waals surface area contributed by atoms with Crippen LogP contribution in [-0.2, 0) is 13.0 Å². The Kier molecular flexibility index (Phi) is 4.51. The van der Waals surface area contributed by atoms with E-state index in [0.717, 1.165) is 25.2 Å². The van der Waals surface area contributed by atoms with Crippen molar-refractivity contribution in [3.63, 3.8) is 0 Å². The van der Waals surface area contributed by atoms with Gasteiger partial charge in [-0.2, -0.15) is 0 Å². The number of aromatic nitrogens is 1. The van der Waals surface area contributed by atoms with Gasteiger partial charge in [0.05, 0.1) is 3.79 Å². The van der Waals surface area contributed by atoms with E-state index in [-0.39, 0.29) is 0 Å². The van der Waals surface area contributed by atoms with Gasteiger partial charge in [0.25, 0.3) is 0 Å². The maximum atomic E-state index is 4.28. The summed E-state index contributed by atoms with van der Waals surface area (Å²) in [5, 5.41) is 3.41. The molecule has 0 aliphatic carbocycles. The van der Waals surface area contributed by atoms with Gasteiger partial charge >= 0.3 is 0 Å². The first-order valence-electron chi connectivity index (χ1n) is 5.19. The largest absolute Gasteiger partial charge is 0.311 e. The zero-order valence-electron chi connectivity index (χ0n) is 8.82. The average molecular weight is 297 g/mol. The maximum absolute atomic E-state index is 4.28. The molecule has 0 saturated carbocycles. The molecule has 2 aromatic heterocycles. The first kappa shape index (κ1) is 11.8. The van der Waals surface area contributed by atoms with E-state index in [1.54, 1.807) is 11.3 Å². The summed E-state index contributed by atoms with van der Waals surface area (Å²) in [7, 11) is 0. The second-order valence-electron chi connectivity index (χ2n) is 3.45. The van der Waals surface area contributed by atoms with Gasteiger partial charge in [-0.3, -0.25) is 4.98 Å². The van der Waals surface area contributed by atoms with Crippen LogP contribution in [0.25, 0.3) is 0 Å². The summed E-state index contributed by atoms with van der Waals surface area (Å²) in [6.45, 7) is 1.90. The van der Waals surface area contributed by atoms with E-state index in [9.17, 15) is 0 Å². The van der Waals surface area contributed by atoms with Crippen LogP contribution in [0.15, 0.2) is 40.3 Å². The van der Waals surface area contributed by atoms with E-state index in [1.807, 2.05) is 18.3 Å². The van der Waals surface area contributed by atoms with E-state index in [1.165, 1.54) is 8.66 Å². The van der Waals surface area contributed by atoms with Crippen LogP contribution in [0.2, 0.25) is 0 Å². The van der Waals surface area contributed by atoms with Gasteiger partial charge in [0.2, 0.25) is 0 Å². The standard InChI is InChI=1S/C12H13BrN2S/c13-12-5-4-11(16-12)9-14-8-6-10-3-1-2-7-15-10/h1-5,7,14H,6,8-9H2. The molecule has 0 aliphatic heterocycles. The maximum Gasteiger partial charge on any atom is 0.0701 e. The number of thiophene rings is 1. The summed E-state index contributed by atoms with van der Waals surface area (Å²) in [6, 6.07) is 10.3. The van der Waals surface area contributed by atoms with Gasteiger partial charge in [-0.25, -0.2) is 0 Å². The summed E-state index contributed by atoms with van der Waals surface area (Å²) >= 11 is 5.23.